The van der Waals surface area contributed by atoms with Gasteiger partial charge >= 0.3 is 6.03 Å². The number of allylic oxidation sites excluding steroid dienone is 3. The fourth-order valence-electron chi connectivity index (χ4n) is 3.78. The molecule has 0 aliphatic carbocycles. The van der Waals surface area contributed by atoms with Crippen LogP contribution in [-0.4, -0.2) is 35.5 Å². The quantitative estimate of drug-likeness (QED) is 0.238. The average Bonchev–Trinajstić information content (AvgIpc) is 2.97. The van der Waals surface area contributed by atoms with E-state index in [0.29, 0.717) is 36.0 Å². The molecule has 0 spiro atoms. The molecule has 6 nitrogen and oxygen atoms in total. The van der Waals surface area contributed by atoms with E-state index >= 15 is 0 Å². The Kier molecular flexibility index (Phi) is 7.71. The highest BCUT2D eigenvalue weighted by Gasteiger charge is 2.51. The lowest BCUT2D eigenvalue weighted by atomic mass is 10.0. The molecule has 0 radical (unpaired) electrons. The number of nitriles is 1. The second kappa shape index (κ2) is 10.3. The van der Waals surface area contributed by atoms with Crippen LogP contribution in [0.2, 0.25) is 10.0 Å². The topological polar surface area (TPSA) is 73.6 Å². The first-order valence-electron chi connectivity index (χ1n) is 10.7. The molecule has 0 unspecified atom stereocenters. The van der Waals surface area contributed by atoms with Crippen molar-refractivity contribution in [1.82, 2.24) is 4.90 Å². The van der Waals surface area contributed by atoms with Crippen LogP contribution in [0.3, 0.4) is 0 Å². The molecule has 1 fully saturated rings. The van der Waals surface area contributed by atoms with Crippen molar-refractivity contribution in [3.63, 3.8) is 0 Å². The number of urea groups is 1. The summed E-state index contributed by atoms with van der Waals surface area (Å²) in [6, 6.07) is 11.5. The number of benzene rings is 2. The molecule has 1 aliphatic heterocycles. The number of carbonyl (C=O) groups is 2. The Morgan fingerprint density at radius 3 is 2.50 bits per heavy atom. The molecule has 2 aromatic rings. The van der Waals surface area contributed by atoms with Crippen molar-refractivity contribution in [2.45, 2.75) is 32.7 Å². The van der Waals surface area contributed by atoms with Crippen LogP contribution in [-0.2, 0) is 4.79 Å². The van der Waals surface area contributed by atoms with Gasteiger partial charge in [-0.25, -0.2) is 9.69 Å². The third-order valence-corrected chi connectivity index (χ3v) is 6.34. The fraction of sp³-hybridized carbons (Fsp3) is 0.269. The fourth-order valence-corrected chi connectivity index (χ4v) is 4.23. The van der Waals surface area contributed by atoms with Gasteiger partial charge < -0.3 is 9.64 Å². The number of halogens is 2. The summed E-state index contributed by atoms with van der Waals surface area (Å²) in [7, 11) is 0. The molecule has 0 saturated carbocycles. The van der Waals surface area contributed by atoms with Crippen molar-refractivity contribution in [2.24, 2.45) is 0 Å². The summed E-state index contributed by atoms with van der Waals surface area (Å²) < 4.78 is 5.82. The van der Waals surface area contributed by atoms with Gasteiger partial charge in [0.2, 0.25) is 0 Å². The van der Waals surface area contributed by atoms with Gasteiger partial charge in [-0.05, 0) is 68.7 Å². The summed E-state index contributed by atoms with van der Waals surface area (Å²) in [6.45, 7) is 9.76. The maximum absolute atomic E-state index is 13.1. The van der Waals surface area contributed by atoms with Crippen LogP contribution >= 0.6 is 23.2 Å². The van der Waals surface area contributed by atoms with Crippen molar-refractivity contribution >= 4 is 46.4 Å². The predicted molar refractivity (Wildman–Crippen MR) is 135 cm³/mol. The van der Waals surface area contributed by atoms with Gasteiger partial charge in [0.25, 0.3) is 5.91 Å². The lowest BCUT2D eigenvalue weighted by Crippen LogP contribution is -2.44. The van der Waals surface area contributed by atoms with E-state index in [1.54, 1.807) is 32.1 Å². The second-order valence-corrected chi connectivity index (χ2v) is 9.02. The molecule has 3 amide bonds. The number of ether oxygens (including phenoxy) is 1. The van der Waals surface area contributed by atoms with E-state index in [4.69, 9.17) is 33.2 Å². The monoisotopic (exact) mass is 497 g/mol. The minimum absolute atomic E-state index is 0.183. The molecule has 2 aromatic carbocycles. The smallest absolute Gasteiger partial charge is 0.332 e. The first-order chi connectivity index (χ1) is 16.1. The highest BCUT2D eigenvalue weighted by Crippen LogP contribution is 2.34. The third-order valence-electron chi connectivity index (χ3n) is 5.73. The molecule has 1 saturated heterocycles. The van der Waals surface area contributed by atoms with Gasteiger partial charge in [0.05, 0.1) is 27.9 Å². The van der Waals surface area contributed by atoms with Crippen LogP contribution in [0.15, 0.2) is 55.1 Å². The van der Waals surface area contributed by atoms with Gasteiger partial charge in [0, 0.05) is 6.54 Å². The molecule has 1 aliphatic rings. The van der Waals surface area contributed by atoms with E-state index < -0.39 is 11.6 Å². The number of imide groups is 1. The van der Waals surface area contributed by atoms with Crippen LogP contribution in [0.4, 0.5) is 10.5 Å². The molecule has 34 heavy (non-hydrogen) atoms. The molecule has 176 valence electrons. The second-order valence-electron chi connectivity index (χ2n) is 8.21. The zero-order valence-electron chi connectivity index (χ0n) is 19.3. The van der Waals surface area contributed by atoms with Crippen molar-refractivity contribution in [2.75, 3.05) is 18.1 Å². The van der Waals surface area contributed by atoms with Crippen LogP contribution in [0.5, 0.6) is 5.75 Å². The lowest BCUT2D eigenvalue weighted by Gasteiger charge is -2.27. The summed E-state index contributed by atoms with van der Waals surface area (Å²) in [5.74, 6) is 0.182. The molecular formula is C26H25Cl2N3O3. The van der Waals surface area contributed by atoms with E-state index in [1.807, 2.05) is 31.2 Å². The number of hydrogen-bond acceptors (Lipinski definition) is 4. The van der Waals surface area contributed by atoms with Crippen molar-refractivity contribution in [3.8, 4) is 11.8 Å². The number of rotatable bonds is 8. The van der Waals surface area contributed by atoms with E-state index in [2.05, 4.69) is 6.58 Å². The van der Waals surface area contributed by atoms with Crippen molar-refractivity contribution in [1.29, 1.82) is 5.26 Å². The molecule has 0 N–H and O–H groups in total. The summed E-state index contributed by atoms with van der Waals surface area (Å²) in [6.07, 6.45) is 4.21. The number of nitrogens with zero attached hydrogens (tertiary/aromatic N) is 3. The van der Waals surface area contributed by atoms with Gasteiger partial charge in [-0.2, -0.15) is 5.26 Å². The Bertz CT molecular complexity index is 1210. The summed E-state index contributed by atoms with van der Waals surface area (Å²) in [4.78, 5) is 28.8. The van der Waals surface area contributed by atoms with Crippen molar-refractivity contribution in [3.05, 3.63) is 76.3 Å². The Balaban J connectivity index is 1.66. The third kappa shape index (κ3) is 4.82. The average molecular weight is 498 g/mol. The van der Waals surface area contributed by atoms with Crippen LogP contribution in [0, 0.1) is 11.3 Å². The van der Waals surface area contributed by atoms with Crippen molar-refractivity contribution < 1.29 is 14.3 Å². The van der Waals surface area contributed by atoms with Crippen LogP contribution < -0.4 is 9.64 Å². The molecule has 0 bridgehead atoms. The first-order valence-corrected chi connectivity index (χ1v) is 11.5. The number of carbonyl (C=O) groups excluding carboxylic acids is 2. The molecule has 1 heterocycles. The lowest BCUT2D eigenvalue weighted by molar-refractivity contribution is -0.123. The summed E-state index contributed by atoms with van der Waals surface area (Å²) >= 11 is 12.5. The normalized spacial score (nSPS) is 15.5. The summed E-state index contributed by atoms with van der Waals surface area (Å²) in [5, 5.41) is 9.73. The van der Waals surface area contributed by atoms with Gasteiger partial charge in [-0.15, -0.1) is 0 Å². The van der Waals surface area contributed by atoms with Gasteiger partial charge in [-0.3, -0.25) is 4.79 Å². The summed E-state index contributed by atoms with van der Waals surface area (Å²) in [5.41, 5.74) is 1.49. The molecule has 8 heteroatoms. The maximum Gasteiger partial charge on any atom is 0.332 e. The minimum Gasteiger partial charge on any atom is -0.492 e. The van der Waals surface area contributed by atoms with Gasteiger partial charge in [-0.1, -0.05) is 48.0 Å². The molecule has 0 aromatic heterocycles. The largest absolute Gasteiger partial charge is 0.492 e. The zero-order chi connectivity index (χ0) is 25.0. The highest BCUT2D eigenvalue weighted by atomic mass is 35.5. The minimum atomic E-state index is -1.04. The Hall–Kier alpha value is -3.27. The van der Waals surface area contributed by atoms with Gasteiger partial charge in [0.15, 0.2) is 0 Å². The Morgan fingerprint density at radius 1 is 1.18 bits per heavy atom. The SMILES string of the molecule is C=C/C(=C\C)c1ccc(OCCCN2C(=O)N(c3ccc(C#N)c(Cl)c3)C(=O)C2(C)C)c(Cl)c1. The molecule has 3 rings (SSSR count). The zero-order valence-corrected chi connectivity index (χ0v) is 20.8. The van der Waals surface area contributed by atoms with E-state index in [1.165, 1.54) is 17.0 Å². The van der Waals surface area contributed by atoms with E-state index in [9.17, 15) is 9.59 Å². The maximum atomic E-state index is 13.1. The molecular weight excluding hydrogens is 473 g/mol. The molecule has 0 atom stereocenters. The van der Waals surface area contributed by atoms with E-state index in [-0.39, 0.29) is 16.5 Å². The van der Waals surface area contributed by atoms with Crippen LogP contribution in [0.25, 0.3) is 5.57 Å². The number of hydrogen-bond donors (Lipinski definition) is 0. The van der Waals surface area contributed by atoms with Gasteiger partial charge in [0.1, 0.15) is 17.4 Å². The standard InChI is InChI=1S/C26H25Cl2N3O3/c1-5-17(6-2)18-9-11-23(22(28)14-18)34-13-7-12-30-25(33)31(24(32)26(30,3)4)20-10-8-19(16-29)21(27)15-20/h5-6,8-11,14-15H,1,7,12-13H2,2-4H3/b17-6+. The Labute approximate surface area is 209 Å². The van der Waals surface area contributed by atoms with E-state index in [0.717, 1.165) is 16.0 Å². The highest BCUT2D eigenvalue weighted by molar-refractivity contribution is 6.33. The number of anilines is 1. The number of amides is 3. The van der Waals surface area contributed by atoms with Crippen LogP contribution in [0.1, 0.15) is 38.3 Å². The first kappa shape index (κ1) is 25.4. The predicted octanol–water partition coefficient (Wildman–Crippen LogP) is 6.47. The Morgan fingerprint density at radius 2 is 1.91 bits per heavy atom.